The summed E-state index contributed by atoms with van der Waals surface area (Å²) in [6, 6.07) is 1.88. The molecule has 2 aromatic rings. The zero-order chi connectivity index (χ0) is 15.5. The van der Waals surface area contributed by atoms with Gasteiger partial charge < -0.3 is 15.5 Å². The number of thiazole rings is 1. The zero-order valence-electron chi connectivity index (χ0n) is 12.6. The molecule has 7 nitrogen and oxygen atoms in total. The molecule has 0 aromatic carbocycles. The van der Waals surface area contributed by atoms with Gasteiger partial charge in [0.05, 0.1) is 21.3 Å². The zero-order valence-corrected chi connectivity index (χ0v) is 13.4. The van der Waals surface area contributed by atoms with Gasteiger partial charge >= 0.3 is 6.03 Å². The first kappa shape index (κ1) is 14.7. The Morgan fingerprint density at radius 3 is 2.95 bits per heavy atom. The maximum absolute atomic E-state index is 11.4. The summed E-state index contributed by atoms with van der Waals surface area (Å²) in [5, 5.41) is 6.98. The molecular formula is C14H18N6OS. The number of aryl methyl sites for hydroxylation is 2. The van der Waals surface area contributed by atoms with Crippen LogP contribution in [-0.2, 0) is 0 Å². The summed E-state index contributed by atoms with van der Waals surface area (Å²) in [5.74, 6) is 0.572. The van der Waals surface area contributed by atoms with Gasteiger partial charge in [-0.3, -0.25) is 0 Å². The quantitative estimate of drug-likeness (QED) is 0.876. The molecule has 0 unspecified atom stereocenters. The highest BCUT2D eigenvalue weighted by molar-refractivity contribution is 7.15. The van der Waals surface area contributed by atoms with E-state index in [1.165, 1.54) is 0 Å². The van der Waals surface area contributed by atoms with E-state index in [0.29, 0.717) is 19.0 Å². The molecule has 0 saturated carbocycles. The summed E-state index contributed by atoms with van der Waals surface area (Å²) in [6.07, 6.45) is 1.74. The van der Waals surface area contributed by atoms with Crippen LogP contribution in [0.25, 0.3) is 10.6 Å². The molecule has 1 aliphatic rings. The molecule has 0 spiro atoms. The van der Waals surface area contributed by atoms with Gasteiger partial charge in [-0.15, -0.1) is 11.3 Å². The van der Waals surface area contributed by atoms with Crippen LogP contribution in [0.4, 0.5) is 10.7 Å². The largest absolute Gasteiger partial charge is 0.352 e. The molecule has 8 heteroatoms. The highest BCUT2D eigenvalue weighted by Gasteiger charge is 2.18. The molecule has 22 heavy (non-hydrogen) atoms. The van der Waals surface area contributed by atoms with Crippen LogP contribution in [0.15, 0.2) is 12.3 Å². The fourth-order valence-corrected chi connectivity index (χ4v) is 3.26. The molecule has 0 bridgehead atoms. The predicted molar refractivity (Wildman–Crippen MR) is 86.1 cm³/mol. The van der Waals surface area contributed by atoms with E-state index in [1.807, 2.05) is 19.9 Å². The fourth-order valence-electron chi connectivity index (χ4n) is 2.37. The normalized spacial score (nSPS) is 14.3. The Bertz CT molecular complexity index is 686. The molecular weight excluding hydrogens is 300 g/mol. The van der Waals surface area contributed by atoms with Crippen LogP contribution in [0, 0.1) is 13.8 Å². The van der Waals surface area contributed by atoms with Gasteiger partial charge in [0.1, 0.15) is 0 Å². The number of rotatable bonds is 5. The molecule has 0 atom stereocenters. The van der Waals surface area contributed by atoms with Crippen molar-refractivity contribution in [3.05, 3.63) is 23.0 Å². The van der Waals surface area contributed by atoms with E-state index < -0.39 is 0 Å². The predicted octanol–water partition coefficient (Wildman–Crippen LogP) is 1.65. The molecule has 0 radical (unpaired) electrons. The summed E-state index contributed by atoms with van der Waals surface area (Å²) in [7, 11) is 0. The minimum Gasteiger partial charge on any atom is -0.352 e. The Morgan fingerprint density at radius 1 is 1.41 bits per heavy atom. The number of carbonyl (C=O) groups excluding carboxylic acids is 1. The lowest BCUT2D eigenvalue weighted by Crippen LogP contribution is -2.32. The van der Waals surface area contributed by atoms with Crippen LogP contribution in [0.1, 0.15) is 10.7 Å². The third-order valence-electron chi connectivity index (χ3n) is 3.40. The summed E-state index contributed by atoms with van der Waals surface area (Å²) < 4.78 is 0. The number of nitrogens with zero attached hydrogens (tertiary/aromatic N) is 4. The number of anilines is 1. The van der Waals surface area contributed by atoms with Crippen LogP contribution in [0.5, 0.6) is 0 Å². The second-order valence-corrected chi connectivity index (χ2v) is 6.26. The summed E-state index contributed by atoms with van der Waals surface area (Å²) in [4.78, 5) is 27.5. The van der Waals surface area contributed by atoms with Crippen LogP contribution < -0.4 is 10.6 Å². The van der Waals surface area contributed by atoms with Crippen LogP contribution in [0.2, 0.25) is 0 Å². The van der Waals surface area contributed by atoms with Gasteiger partial charge in [0.15, 0.2) is 0 Å². The lowest BCUT2D eigenvalue weighted by Gasteiger charge is -2.14. The number of hydrogen-bond donors (Lipinski definition) is 2. The molecule has 2 aromatic heterocycles. The first-order valence-electron chi connectivity index (χ1n) is 7.17. The Labute approximate surface area is 132 Å². The van der Waals surface area contributed by atoms with E-state index in [1.54, 1.807) is 22.4 Å². The Morgan fingerprint density at radius 2 is 2.27 bits per heavy atom. The molecule has 1 saturated heterocycles. The molecule has 0 aliphatic carbocycles. The number of urea groups is 1. The van der Waals surface area contributed by atoms with Crippen molar-refractivity contribution in [3.63, 3.8) is 0 Å². The van der Waals surface area contributed by atoms with Crippen molar-refractivity contribution in [1.82, 2.24) is 25.2 Å². The number of aromatic nitrogens is 3. The maximum Gasteiger partial charge on any atom is 0.317 e. The third-order valence-corrected chi connectivity index (χ3v) is 4.50. The lowest BCUT2D eigenvalue weighted by atomic mass is 10.3. The summed E-state index contributed by atoms with van der Waals surface area (Å²) in [6.45, 7) is 6.70. The van der Waals surface area contributed by atoms with Crippen LogP contribution in [0.3, 0.4) is 0 Å². The van der Waals surface area contributed by atoms with E-state index in [9.17, 15) is 4.79 Å². The van der Waals surface area contributed by atoms with Crippen molar-refractivity contribution in [1.29, 1.82) is 0 Å². The third kappa shape index (κ3) is 3.16. The smallest absolute Gasteiger partial charge is 0.317 e. The monoisotopic (exact) mass is 318 g/mol. The van der Waals surface area contributed by atoms with E-state index >= 15 is 0 Å². The van der Waals surface area contributed by atoms with E-state index in [0.717, 1.165) is 34.4 Å². The Balaban J connectivity index is 1.64. The minimum atomic E-state index is -0.00720. The van der Waals surface area contributed by atoms with Crippen molar-refractivity contribution >= 4 is 23.3 Å². The van der Waals surface area contributed by atoms with E-state index in [4.69, 9.17) is 0 Å². The molecule has 2 N–H and O–H groups in total. The van der Waals surface area contributed by atoms with Crippen molar-refractivity contribution in [2.45, 2.75) is 13.8 Å². The van der Waals surface area contributed by atoms with Crippen molar-refractivity contribution in [3.8, 4) is 10.6 Å². The summed E-state index contributed by atoms with van der Waals surface area (Å²) in [5.41, 5.74) is 1.86. The lowest BCUT2D eigenvalue weighted by molar-refractivity contribution is 0.219. The molecule has 2 amide bonds. The Hall–Kier alpha value is -2.22. The number of nitrogens with one attached hydrogen (secondary N) is 2. The fraction of sp³-hybridized carbons (Fsp3) is 0.429. The van der Waals surface area contributed by atoms with Crippen molar-refractivity contribution in [2.75, 3.05) is 31.5 Å². The van der Waals surface area contributed by atoms with Gasteiger partial charge in [0, 0.05) is 32.4 Å². The molecule has 3 heterocycles. The molecule has 1 aliphatic heterocycles. The first-order valence-corrected chi connectivity index (χ1v) is 7.99. The second-order valence-electron chi connectivity index (χ2n) is 5.06. The molecule has 3 rings (SSSR count). The van der Waals surface area contributed by atoms with Gasteiger partial charge in [-0.05, 0) is 19.9 Å². The van der Waals surface area contributed by atoms with Gasteiger partial charge in [0.2, 0.25) is 5.95 Å². The second kappa shape index (κ2) is 6.27. The van der Waals surface area contributed by atoms with E-state index in [-0.39, 0.29) is 6.03 Å². The standard InChI is InChI=1S/C14H18N6OS/c1-9-12(22-10(2)18-9)11-3-4-15-13(19-11)16-5-7-20-8-6-17-14(20)21/h3-4H,5-8H2,1-2H3,(H,17,21)(H,15,16,19). The van der Waals surface area contributed by atoms with Crippen molar-refractivity contribution < 1.29 is 4.79 Å². The highest BCUT2D eigenvalue weighted by atomic mass is 32.1. The number of hydrogen-bond acceptors (Lipinski definition) is 6. The number of carbonyl (C=O) groups is 1. The minimum absolute atomic E-state index is 0.00720. The van der Waals surface area contributed by atoms with Gasteiger partial charge in [-0.2, -0.15) is 0 Å². The van der Waals surface area contributed by atoms with Crippen LogP contribution in [-0.4, -0.2) is 52.1 Å². The van der Waals surface area contributed by atoms with Gasteiger partial charge in [0.25, 0.3) is 0 Å². The molecule has 1 fully saturated rings. The highest BCUT2D eigenvalue weighted by Crippen LogP contribution is 2.28. The van der Waals surface area contributed by atoms with Gasteiger partial charge in [-0.1, -0.05) is 0 Å². The van der Waals surface area contributed by atoms with Crippen molar-refractivity contribution in [2.24, 2.45) is 0 Å². The van der Waals surface area contributed by atoms with Crippen LogP contribution >= 0.6 is 11.3 Å². The Kier molecular flexibility index (Phi) is 4.19. The van der Waals surface area contributed by atoms with E-state index in [2.05, 4.69) is 25.6 Å². The molecule has 116 valence electrons. The SMILES string of the molecule is Cc1nc(C)c(-c2ccnc(NCCN3CCNC3=O)n2)s1. The average Bonchev–Trinajstić information content (AvgIpc) is 3.05. The maximum atomic E-state index is 11.4. The topological polar surface area (TPSA) is 83.0 Å². The average molecular weight is 318 g/mol. The van der Waals surface area contributed by atoms with Gasteiger partial charge in [-0.25, -0.2) is 19.7 Å². The number of amides is 2. The summed E-state index contributed by atoms with van der Waals surface area (Å²) >= 11 is 1.63. The first-order chi connectivity index (χ1) is 10.6.